The number of anilines is 1. The Bertz CT molecular complexity index is 996. The number of aromatic nitrogens is 1. The molecule has 0 saturated carbocycles. The number of fused-ring (bicyclic) bond motifs is 1. The first-order chi connectivity index (χ1) is 15.7. The number of carbonyl (C=O) groups excluding carboxylic acids is 2. The average Bonchev–Trinajstić information content (AvgIpc) is 2.78. The third-order valence-corrected chi connectivity index (χ3v) is 4.80. The van der Waals surface area contributed by atoms with E-state index in [1.54, 1.807) is 20.8 Å². The number of carbonyl (C=O) groups is 2. The molecular weight excluding hydrogens is 422 g/mol. The van der Waals surface area contributed by atoms with Crippen molar-refractivity contribution < 1.29 is 23.8 Å². The van der Waals surface area contributed by atoms with Crippen LogP contribution in [0, 0.1) is 0 Å². The molecule has 8 heteroatoms. The highest BCUT2D eigenvalue weighted by Crippen LogP contribution is 2.25. The summed E-state index contributed by atoms with van der Waals surface area (Å²) in [6.45, 7) is 6.70. The van der Waals surface area contributed by atoms with E-state index in [-0.39, 0.29) is 0 Å². The lowest BCUT2D eigenvalue weighted by atomic mass is 10.0. The Kier molecular flexibility index (Phi) is 7.92. The zero-order valence-electron chi connectivity index (χ0n) is 19.5. The summed E-state index contributed by atoms with van der Waals surface area (Å²) < 4.78 is 15.6. The maximum absolute atomic E-state index is 12.1. The van der Waals surface area contributed by atoms with Crippen molar-refractivity contribution in [1.29, 1.82) is 0 Å². The van der Waals surface area contributed by atoms with Crippen LogP contribution in [-0.2, 0) is 27.1 Å². The molecule has 2 heterocycles. The molecule has 0 fully saturated rings. The SMILES string of the molecule is COC(=O)C(Cc1ccc(/C=C/Cc2ccc3c(n2)NCCO3)cc1)NC(=O)OC(C)(C)C. The molecule has 2 aromatic rings. The van der Waals surface area contributed by atoms with Crippen LogP contribution in [0.25, 0.3) is 6.08 Å². The van der Waals surface area contributed by atoms with E-state index in [1.807, 2.05) is 42.5 Å². The van der Waals surface area contributed by atoms with E-state index in [9.17, 15) is 9.59 Å². The maximum atomic E-state index is 12.1. The van der Waals surface area contributed by atoms with Gasteiger partial charge in [0.25, 0.3) is 0 Å². The molecule has 1 atom stereocenters. The lowest BCUT2D eigenvalue weighted by molar-refractivity contribution is -0.143. The third-order valence-electron chi connectivity index (χ3n) is 4.80. The smallest absolute Gasteiger partial charge is 0.408 e. The number of allylic oxidation sites excluding steroid dienone is 1. The van der Waals surface area contributed by atoms with Crippen LogP contribution < -0.4 is 15.4 Å². The molecule has 1 amide bonds. The summed E-state index contributed by atoms with van der Waals surface area (Å²) >= 11 is 0. The van der Waals surface area contributed by atoms with Crippen molar-refractivity contribution in [2.75, 3.05) is 25.6 Å². The van der Waals surface area contributed by atoms with Gasteiger partial charge < -0.3 is 24.8 Å². The molecular formula is C25H31N3O5. The van der Waals surface area contributed by atoms with Gasteiger partial charge in [0.2, 0.25) is 0 Å². The number of methoxy groups -OCH3 is 1. The molecule has 0 saturated heterocycles. The maximum Gasteiger partial charge on any atom is 0.408 e. The molecule has 1 aliphatic rings. The van der Waals surface area contributed by atoms with Crippen molar-refractivity contribution in [3.8, 4) is 5.75 Å². The Morgan fingerprint density at radius 1 is 1.21 bits per heavy atom. The predicted octanol–water partition coefficient (Wildman–Crippen LogP) is 3.75. The minimum atomic E-state index is -0.834. The van der Waals surface area contributed by atoms with Gasteiger partial charge in [0.05, 0.1) is 13.7 Å². The van der Waals surface area contributed by atoms with Gasteiger partial charge in [0, 0.05) is 18.5 Å². The summed E-state index contributed by atoms with van der Waals surface area (Å²) in [5, 5.41) is 5.83. The molecule has 0 spiro atoms. The molecule has 1 aliphatic heterocycles. The van der Waals surface area contributed by atoms with Gasteiger partial charge in [-0.15, -0.1) is 0 Å². The second-order valence-corrected chi connectivity index (χ2v) is 8.70. The Balaban J connectivity index is 1.57. The molecule has 33 heavy (non-hydrogen) atoms. The number of nitrogens with one attached hydrogen (secondary N) is 2. The fourth-order valence-corrected chi connectivity index (χ4v) is 3.28. The molecule has 8 nitrogen and oxygen atoms in total. The van der Waals surface area contributed by atoms with Crippen LogP contribution in [0.4, 0.5) is 10.6 Å². The topological polar surface area (TPSA) is 98.8 Å². The second kappa shape index (κ2) is 10.8. The first kappa shape index (κ1) is 24.1. The highest BCUT2D eigenvalue weighted by molar-refractivity contribution is 5.81. The Hall–Kier alpha value is -3.55. The Labute approximate surface area is 194 Å². The first-order valence-electron chi connectivity index (χ1n) is 10.9. The normalized spacial score (nSPS) is 13.9. The van der Waals surface area contributed by atoms with Gasteiger partial charge in [-0.25, -0.2) is 14.6 Å². The van der Waals surface area contributed by atoms with Crippen molar-refractivity contribution in [2.24, 2.45) is 0 Å². The van der Waals surface area contributed by atoms with Gasteiger partial charge in [-0.2, -0.15) is 0 Å². The van der Waals surface area contributed by atoms with Crippen LogP contribution in [0.5, 0.6) is 5.75 Å². The highest BCUT2D eigenvalue weighted by atomic mass is 16.6. The van der Waals surface area contributed by atoms with E-state index in [0.29, 0.717) is 19.4 Å². The van der Waals surface area contributed by atoms with Gasteiger partial charge in [0.1, 0.15) is 18.2 Å². The number of benzene rings is 1. The van der Waals surface area contributed by atoms with Gasteiger partial charge in [-0.1, -0.05) is 36.4 Å². The predicted molar refractivity (Wildman–Crippen MR) is 126 cm³/mol. The molecule has 1 unspecified atom stereocenters. The lowest BCUT2D eigenvalue weighted by Crippen LogP contribution is -2.45. The minimum absolute atomic E-state index is 0.296. The van der Waals surface area contributed by atoms with Crippen LogP contribution >= 0.6 is 0 Å². The van der Waals surface area contributed by atoms with Crippen molar-refractivity contribution in [3.63, 3.8) is 0 Å². The summed E-state index contributed by atoms with van der Waals surface area (Å²) in [5.74, 6) is 1.05. The summed E-state index contributed by atoms with van der Waals surface area (Å²) in [5.41, 5.74) is 2.21. The van der Waals surface area contributed by atoms with E-state index >= 15 is 0 Å². The van der Waals surface area contributed by atoms with Crippen LogP contribution in [0.3, 0.4) is 0 Å². The van der Waals surface area contributed by atoms with E-state index < -0.39 is 23.7 Å². The largest absolute Gasteiger partial charge is 0.488 e. The van der Waals surface area contributed by atoms with E-state index in [4.69, 9.17) is 14.2 Å². The monoisotopic (exact) mass is 453 g/mol. The minimum Gasteiger partial charge on any atom is -0.488 e. The summed E-state index contributed by atoms with van der Waals surface area (Å²) in [4.78, 5) is 28.8. The molecule has 0 bridgehead atoms. The number of hydrogen-bond donors (Lipinski definition) is 2. The summed E-state index contributed by atoms with van der Waals surface area (Å²) in [7, 11) is 1.29. The van der Waals surface area contributed by atoms with Gasteiger partial charge in [0.15, 0.2) is 11.6 Å². The summed E-state index contributed by atoms with van der Waals surface area (Å²) in [6, 6.07) is 10.8. The molecule has 2 N–H and O–H groups in total. The van der Waals surface area contributed by atoms with Crippen molar-refractivity contribution >= 4 is 24.0 Å². The summed E-state index contributed by atoms with van der Waals surface area (Å²) in [6.07, 6.45) is 4.40. The molecule has 0 aliphatic carbocycles. The molecule has 176 valence electrons. The molecule has 1 aromatic carbocycles. The van der Waals surface area contributed by atoms with Crippen LogP contribution in [-0.4, -0.2) is 49.0 Å². The van der Waals surface area contributed by atoms with Gasteiger partial charge in [-0.3, -0.25) is 0 Å². The van der Waals surface area contributed by atoms with Crippen molar-refractivity contribution in [3.05, 3.63) is 59.3 Å². The average molecular weight is 454 g/mol. The Morgan fingerprint density at radius 3 is 2.67 bits per heavy atom. The number of amides is 1. The number of nitrogens with zero attached hydrogens (tertiary/aromatic N) is 1. The number of hydrogen-bond acceptors (Lipinski definition) is 7. The van der Waals surface area contributed by atoms with Crippen molar-refractivity contribution in [2.45, 2.75) is 45.3 Å². The fourth-order valence-electron chi connectivity index (χ4n) is 3.28. The number of alkyl carbamates (subject to hydrolysis) is 1. The zero-order chi connectivity index (χ0) is 23.8. The quantitative estimate of drug-likeness (QED) is 0.616. The van der Waals surface area contributed by atoms with Crippen LogP contribution in [0.1, 0.15) is 37.6 Å². The fraction of sp³-hybridized carbons (Fsp3) is 0.400. The second-order valence-electron chi connectivity index (χ2n) is 8.70. The van der Waals surface area contributed by atoms with Crippen molar-refractivity contribution in [1.82, 2.24) is 10.3 Å². The van der Waals surface area contributed by atoms with Gasteiger partial charge >= 0.3 is 12.1 Å². The molecule has 0 radical (unpaired) electrons. The number of pyridine rings is 1. The standard InChI is InChI=1S/C25H31N3O5/c1-25(2,3)33-24(30)28-20(23(29)31-4)16-18-10-8-17(9-11-18)6-5-7-19-12-13-21-22(27-19)26-14-15-32-21/h5-6,8-13,20H,7,14-16H2,1-4H3,(H,26,27)(H,28,30)/b6-5+. The number of ether oxygens (including phenoxy) is 3. The van der Waals surface area contributed by atoms with E-state index in [2.05, 4.69) is 21.7 Å². The number of rotatable bonds is 7. The highest BCUT2D eigenvalue weighted by Gasteiger charge is 2.25. The number of esters is 1. The Morgan fingerprint density at radius 2 is 1.97 bits per heavy atom. The van der Waals surface area contributed by atoms with Crippen LogP contribution in [0.15, 0.2) is 42.5 Å². The third kappa shape index (κ3) is 7.52. The molecule has 3 rings (SSSR count). The van der Waals surface area contributed by atoms with E-state index in [1.165, 1.54) is 7.11 Å². The van der Waals surface area contributed by atoms with Gasteiger partial charge in [-0.05, 0) is 44.0 Å². The zero-order valence-corrected chi connectivity index (χ0v) is 19.5. The lowest BCUT2D eigenvalue weighted by Gasteiger charge is -2.22. The molecule has 1 aromatic heterocycles. The van der Waals surface area contributed by atoms with Crippen LogP contribution in [0.2, 0.25) is 0 Å². The first-order valence-corrected chi connectivity index (χ1v) is 10.9. The van der Waals surface area contributed by atoms with E-state index in [0.717, 1.165) is 34.9 Å².